The number of allylic oxidation sites excluding steroid dienone is 1. The van der Waals surface area contributed by atoms with E-state index < -0.39 is 11.4 Å². The van der Waals surface area contributed by atoms with E-state index in [1.807, 2.05) is 20.8 Å². The van der Waals surface area contributed by atoms with Gasteiger partial charge in [-0.2, -0.15) is 0 Å². The zero-order valence-electron chi connectivity index (χ0n) is 14.9. The second-order valence-corrected chi connectivity index (χ2v) is 6.58. The molecule has 1 aromatic carbocycles. The third-order valence-corrected chi connectivity index (χ3v) is 3.30. The predicted molar refractivity (Wildman–Crippen MR) is 101 cm³/mol. The minimum atomic E-state index is -0.573. The Morgan fingerprint density at radius 3 is 2.27 bits per heavy atom. The molecule has 0 radical (unpaired) electrons. The Morgan fingerprint density at radius 1 is 1.12 bits per heavy atom. The first-order valence-electron chi connectivity index (χ1n) is 8.00. The van der Waals surface area contributed by atoms with Gasteiger partial charge in [0.2, 0.25) is 0 Å². The van der Waals surface area contributed by atoms with Crippen molar-refractivity contribution in [2.75, 3.05) is 5.32 Å². The van der Waals surface area contributed by atoms with Gasteiger partial charge in [-0.05, 0) is 36.4 Å². The minimum Gasteiger partial charge on any atom is -0.512 e. The Bertz CT molecular complexity index is 794. The van der Waals surface area contributed by atoms with Crippen LogP contribution < -0.4 is 15.4 Å². The predicted octanol–water partition coefficient (Wildman–Crippen LogP) is 4.46. The van der Waals surface area contributed by atoms with Crippen molar-refractivity contribution in [2.24, 2.45) is 5.41 Å². The van der Waals surface area contributed by atoms with Crippen molar-refractivity contribution >= 4 is 17.6 Å². The lowest BCUT2D eigenvalue weighted by atomic mass is 9.93. The number of amides is 2. The number of nitrogens with one attached hydrogen (secondary N) is 3. The molecule has 7 nitrogen and oxygen atoms in total. The lowest BCUT2D eigenvalue weighted by Gasteiger charge is -2.17. The van der Waals surface area contributed by atoms with Gasteiger partial charge < -0.3 is 15.2 Å². The fraction of sp³-hybridized carbons (Fsp3) is 0.211. The molecule has 1 heterocycles. The summed E-state index contributed by atoms with van der Waals surface area (Å²) in [5.74, 6) is 1.10. The number of hydrogen-bond acceptors (Lipinski definition) is 5. The van der Waals surface area contributed by atoms with E-state index in [0.717, 1.165) is 0 Å². The monoisotopic (exact) mass is 354 g/mol. The van der Waals surface area contributed by atoms with Crippen molar-refractivity contribution < 1.29 is 14.6 Å². The van der Waals surface area contributed by atoms with Gasteiger partial charge in [0.05, 0.1) is 0 Å². The van der Waals surface area contributed by atoms with Crippen LogP contribution in [0.1, 0.15) is 20.8 Å². The third-order valence-electron chi connectivity index (χ3n) is 3.30. The Hall–Kier alpha value is -3.35. The topological polar surface area (TPSA) is 107 Å². The number of hydrogen-bond donors (Lipinski definition) is 4. The molecular weight excluding hydrogens is 332 g/mol. The van der Waals surface area contributed by atoms with Gasteiger partial charge in [-0.25, -0.2) is 4.79 Å². The van der Waals surface area contributed by atoms with E-state index in [0.29, 0.717) is 17.2 Å². The van der Waals surface area contributed by atoms with Crippen LogP contribution in [0.15, 0.2) is 60.6 Å². The van der Waals surface area contributed by atoms with Crippen molar-refractivity contribution in [2.45, 2.75) is 20.8 Å². The molecule has 0 saturated carbocycles. The number of nitrogens with zero attached hydrogens (tertiary/aromatic N) is 1. The molecule has 0 aliphatic rings. The Kier molecular flexibility index (Phi) is 5.95. The molecule has 1 aromatic heterocycles. The van der Waals surface area contributed by atoms with Crippen molar-refractivity contribution in [3.63, 3.8) is 0 Å². The average molecular weight is 354 g/mol. The van der Waals surface area contributed by atoms with Gasteiger partial charge in [-0.1, -0.05) is 20.8 Å². The summed E-state index contributed by atoms with van der Waals surface area (Å²) in [5.41, 5.74) is 0.0520. The van der Waals surface area contributed by atoms with E-state index in [1.165, 1.54) is 6.08 Å². The van der Waals surface area contributed by atoms with Crippen LogP contribution in [0.2, 0.25) is 0 Å². The quantitative estimate of drug-likeness (QED) is 0.369. The zero-order valence-corrected chi connectivity index (χ0v) is 14.9. The number of amidine groups is 1. The lowest BCUT2D eigenvalue weighted by molar-refractivity contribution is 0.256. The van der Waals surface area contributed by atoms with Gasteiger partial charge in [-0.15, -0.1) is 0 Å². The smallest absolute Gasteiger partial charge is 0.324 e. The molecule has 0 atom stereocenters. The Morgan fingerprint density at radius 2 is 1.69 bits per heavy atom. The van der Waals surface area contributed by atoms with Gasteiger partial charge in [0, 0.05) is 29.6 Å². The molecule has 0 aliphatic heterocycles. The van der Waals surface area contributed by atoms with Gasteiger partial charge in [-0.3, -0.25) is 15.7 Å². The van der Waals surface area contributed by atoms with E-state index in [9.17, 15) is 9.90 Å². The maximum atomic E-state index is 11.9. The van der Waals surface area contributed by atoms with Gasteiger partial charge in [0.1, 0.15) is 23.1 Å². The molecule has 0 spiro atoms. The first-order valence-corrected chi connectivity index (χ1v) is 8.00. The van der Waals surface area contributed by atoms with Crippen LogP contribution in [0, 0.1) is 10.8 Å². The number of aliphatic hydroxyl groups excluding tert-OH is 1. The number of carbonyl (C=O) groups excluding carboxylic acids is 1. The molecule has 0 saturated heterocycles. The SMILES string of the molecule is CC(C)(C)/C(O)=C/C(=N)NC(=O)Nc1ccc(Oc2ccncc2)cc1. The highest BCUT2D eigenvalue weighted by atomic mass is 16.5. The second kappa shape index (κ2) is 8.15. The van der Waals surface area contributed by atoms with E-state index in [4.69, 9.17) is 10.1 Å². The second-order valence-electron chi connectivity index (χ2n) is 6.58. The zero-order chi connectivity index (χ0) is 19.2. The van der Waals surface area contributed by atoms with Gasteiger partial charge in [0.15, 0.2) is 0 Å². The molecule has 0 fully saturated rings. The molecule has 136 valence electrons. The molecule has 2 rings (SSSR count). The molecule has 0 aliphatic carbocycles. The first-order chi connectivity index (χ1) is 12.2. The van der Waals surface area contributed by atoms with Crippen LogP contribution >= 0.6 is 0 Å². The molecule has 0 bridgehead atoms. The highest BCUT2D eigenvalue weighted by Gasteiger charge is 2.16. The van der Waals surface area contributed by atoms with E-state index in [2.05, 4.69) is 15.6 Å². The first kappa shape index (κ1) is 19.0. The van der Waals surface area contributed by atoms with Crippen molar-refractivity contribution in [1.82, 2.24) is 10.3 Å². The Balaban J connectivity index is 1.90. The van der Waals surface area contributed by atoms with Crippen LogP contribution in [0.5, 0.6) is 11.5 Å². The number of rotatable bonds is 4. The third kappa shape index (κ3) is 5.94. The van der Waals surface area contributed by atoms with Crippen LogP contribution in [0.4, 0.5) is 10.5 Å². The summed E-state index contributed by atoms with van der Waals surface area (Å²) in [6.45, 7) is 5.42. The van der Waals surface area contributed by atoms with Crippen molar-refractivity contribution in [3.05, 3.63) is 60.6 Å². The Labute approximate surface area is 152 Å². The van der Waals surface area contributed by atoms with Crippen molar-refractivity contribution in [3.8, 4) is 11.5 Å². The summed E-state index contributed by atoms with van der Waals surface area (Å²) < 4.78 is 5.64. The molecule has 2 amide bonds. The number of benzene rings is 1. The highest BCUT2D eigenvalue weighted by molar-refractivity contribution is 6.06. The number of pyridine rings is 1. The van der Waals surface area contributed by atoms with E-state index >= 15 is 0 Å². The standard InChI is InChI=1S/C19H22N4O3/c1-19(2,3)16(24)12-17(20)23-18(25)22-13-4-6-14(7-5-13)26-15-8-10-21-11-9-15/h4-12,24H,1-3H3,(H3,20,22,23,25)/b16-12-. The van der Waals surface area contributed by atoms with Crippen LogP contribution in [0.25, 0.3) is 0 Å². The summed E-state index contributed by atoms with van der Waals surface area (Å²) in [5, 5.41) is 22.5. The molecular formula is C19H22N4O3. The minimum absolute atomic E-state index is 0.0143. The molecule has 2 aromatic rings. The normalized spacial score (nSPS) is 11.6. The van der Waals surface area contributed by atoms with E-state index in [-0.39, 0.29) is 11.6 Å². The largest absolute Gasteiger partial charge is 0.512 e. The highest BCUT2D eigenvalue weighted by Crippen LogP contribution is 2.23. The van der Waals surface area contributed by atoms with Crippen LogP contribution in [-0.4, -0.2) is 22.0 Å². The number of anilines is 1. The summed E-state index contributed by atoms with van der Waals surface area (Å²) in [6.07, 6.45) is 4.48. The van der Waals surface area contributed by atoms with E-state index in [1.54, 1.807) is 48.8 Å². The number of urea groups is 1. The van der Waals surface area contributed by atoms with Crippen LogP contribution in [-0.2, 0) is 0 Å². The molecule has 0 unspecified atom stereocenters. The maximum absolute atomic E-state index is 11.9. The summed E-state index contributed by atoms with van der Waals surface area (Å²) in [4.78, 5) is 15.8. The number of carbonyl (C=O) groups is 1. The fourth-order valence-corrected chi connectivity index (χ4v) is 1.82. The van der Waals surface area contributed by atoms with Gasteiger partial charge >= 0.3 is 6.03 Å². The molecule has 26 heavy (non-hydrogen) atoms. The maximum Gasteiger partial charge on any atom is 0.324 e. The summed E-state index contributed by atoms with van der Waals surface area (Å²) in [7, 11) is 0. The molecule has 4 N–H and O–H groups in total. The van der Waals surface area contributed by atoms with Crippen LogP contribution in [0.3, 0.4) is 0 Å². The summed E-state index contributed by atoms with van der Waals surface area (Å²) >= 11 is 0. The average Bonchev–Trinajstić information content (AvgIpc) is 2.56. The van der Waals surface area contributed by atoms with Gasteiger partial charge in [0.25, 0.3) is 0 Å². The lowest BCUT2D eigenvalue weighted by Crippen LogP contribution is -2.33. The summed E-state index contributed by atoms with van der Waals surface area (Å²) in [6, 6.07) is 9.71. The van der Waals surface area contributed by atoms with Crippen molar-refractivity contribution in [1.29, 1.82) is 5.41 Å². The number of aliphatic hydroxyl groups is 1. The fourth-order valence-electron chi connectivity index (χ4n) is 1.82. The molecule has 7 heteroatoms. The number of aromatic nitrogens is 1. The number of ether oxygens (including phenoxy) is 1.